The Morgan fingerprint density at radius 1 is 1.06 bits per heavy atom. The molecule has 186 valence electrons. The van der Waals surface area contributed by atoms with Crippen molar-refractivity contribution in [2.45, 2.75) is 62.3 Å². The molecule has 1 unspecified atom stereocenters. The van der Waals surface area contributed by atoms with Gasteiger partial charge in [-0.05, 0) is 55.9 Å². The number of fused-ring (bicyclic) bond motifs is 3. The predicted molar refractivity (Wildman–Crippen MR) is 128 cm³/mol. The molecule has 10 heteroatoms. The van der Waals surface area contributed by atoms with E-state index in [0.29, 0.717) is 41.9 Å². The number of aromatic nitrogens is 2. The van der Waals surface area contributed by atoms with E-state index in [4.69, 9.17) is 16.3 Å². The first-order chi connectivity index (χ1) is 17.4. The molecule has 3 amide bonds. The highest BCUT2D eigenvalue weighted by atomic mass is 35.5. The summed E-state index contributed by atoms with van der Waals surface area (Å²) in [5.41, 5.74) is 0.591. The fourth-order valence-electron chi connectivity index (χ4n) is 6.63. The molecule has 1 N–H and O–H groups in total. The summed E-state index contributed by atoms with van der Waals surface area (Å²) in [4.78, 5) is 50.5. The van der Waals surface area contributed by atoms with Gasteiger partial charge in [-0.2, -0.15) is 0 Å². The number of hydrogen-bond acceptors (Lipinski definition) is 7. The maximum Gasteiger partial charge on any atom is 0.255 e. The van der Waals surface area contributed by atoms with Crippen molar-refractivity contribution in [3.05, 3.63) is 52.6 Å². The van der Waals surface area contributed by atoms with Crippen LogP contribution in [0.1, 0.15) is 59.8 Å². The minimum absolute atomic E-state index is 0.0875. The van der Waals surface area contributed by atoms with Crippen LogP contribution < -0.4 is 10.1 Å². The molecule has 0 spiro atoms. The molecule has 0 radical (unpaired) electrons. The Balaban J connectivity index is 1.02. The Morgan fingerprint density at radius 2 is 1.83 bits per heavy atom. The van der Waals surface area contributed by atoms with Gasteiger partial charge in [0.2, 0.25) is 5.91 Å². The van der Waals surface area contributed by atoms with Crippen LogP contribution in [0.2, 0.25) is 5.02 Å². The van der Waals surface area contributed by atoms with Gasteiger partial charge in [0.05, 0.1) is 5.02 Å². The number of ether oxygens (including phenoxy) is 1. The molecule has 4 aliphatic heterocycles. The van der Waals surface area contributed by atoms with Crippen molar-refractivity contribution in [3.63, 3.8) is 0 Å². The van der Waals surface area contributed by atoms with Crippen LogP contribution in [0.25, 0.3) is 0 Å². The van der Waals surface area contributed by atoms with Crippen molar-refractivity contribution in [2.75, 3.05) is 13.1 Å². The van der Waals surface area contributed by atoms with Crippen LogP contribution in [0.3, 0.4) is 0 Å². The second-order valence-electron chi connectivity index (χ2n) is 10.7. The van der Waals surface area contributed by atoms with E-state index in [0.717, 1.165) is 49.5 Å². The quantitative estimate of drug-likeness (QED) is 0.619. The zero-order valence-corrected chi connectivity index (χ0v) is 20.4. The fourth-order valence-corrected chi connectivity index (χ4v) is 6.73. The SMILES string of the molecule is O=C1NC(=O)C2(N3Cc4cc(OC5CCC[C@@H]5N5CC(c6ncc(Cl)cn6)C5)ccc4C3=O)CC1C2. The van der Waals surface area contributed by atoms with E-state index < -0.39 is 5.54 Å². The molecule has 6 aliphatic rings. The number of nitrogens with zero attached hydrogens (tertiary/aromatic N) is 4. The monoisotopic (exact) mass is 507 g/mol. The number of imide groups is 1. The van der Waals surface area contributed by atoms with Gasteiger partial charge in [-0.25, -0.2) is 9.97 Å². The van der Waals surface area contributed by atoms with Gasteiger partial charge in [-0.15, -0.1) is 0 Å². The first kappa shape index (κ1) is 22.2. The van der Waals surface area contributed by atoms with E-state index in [1.54, 1.807) is 17.3 Å². The molecular weight excluding hydrogens is 482 g/mol. The molecule has 2 bridgehead atoms. The number of hydrogen-bond donors (Lipinski definition) is 1. The average Bonchev–Trinajstić information content (AvgIpc) is 3.37. The van der Waals surface area contributed by atoms with Crippen molar-refractivity contribution in [1.82, 2.24) is 25.1 Å². The van der Waals surface area contributed by atoms with Gasteiger partial charge < -0.3 is 9.64 Å². The highest BCUT2D eigenvalue weighted by Gasteiger charge is 2.63. The largest absolute Gasteiger partial charge is 0.489 e. The van der Waals surface area contributed by atoms with Crippen LogP contribution >= 0.6 is 11.6 Å². The van der Waals surface area contributed by atoms with Crippen molar-refractivity contribution in [1.29, 1.82) is 0 Å². The molecule has 3 saturated heterocycles. The number of amides is 3. The lowest BCUT2D eigenvalue weighted by Crippen LogP contribution is -2.73. The molecule has 8 rings (SSSR count). The summed E-state index contributed by atoms with van der Waals surface area (Å²) in [5, 5.41) is 2.98. The molecule has 9 nitrogen and oxygen atoms in total. The molecule has 5 heterocycles. The Morgan fingerprint density at radius 3 is 2.58 bits per heavy atom. The zero-order chi connectivity index (χ0) is 24.6. The van der Waals surface area contributed by atoms with Crippen molar-refractivity contribution >= 4 is 29.3 Å². The number of rotatable bonds is 5. The number of benzene rings is 1. The van der Waals surface area contributed by atoms with Gasteiger partial charge in [0.25, 0.3) is 11.8 Å². The lowest BCUT2D eigenvalue weighted by molar-refractivity contribution is -0.160. The van der Waals surface area contributed by atoms with Gasteiger partial charge in [0, 0.05) is 55.5 Å². The molecule has 36 heavy (non-hydrogen) atoms. The number of carbonyl (C=O) groups excluding carboxylic acids is 3. The second kappa shape index (κ2) is 7.98. The Hall–Kier alpha value is -3.04. The predicted octanol–water partition coefficient (Wildman–Crippen LogP) is 2.29. The molecule has 5 fully saturated rings. The molecule has 1 aromatic carbocycles. The highest BCUT2D eigenvalue weighted by molar-refractivity contribution is 6.30. The van der Waals surface area contributed by atoms with Crippen LogP contribution in [0.4, 0.5) is 0 Å². The summed E-state index contributed by atoms with van der Waals surface area (Å²) in [6, 6.07) is 5.96. The van der Waals surface area contributed by atoms with E-state index in [2.05, 4.69) is 20.2 Å². The Labute approximate surface area is 213 Å². The first-order valence-corrected chi connectivity index (χ1v) is 13.0. The van der Waals surface area contributed by atoms with Crippen LogP contribution in [0, 0.1) is 5.92 Å². The summed E-state index contributed by atoms with van der Waals surface area (Å²) < 4.78 is 6.47. The maximum absolute atomic E-state index is 13.2. The van der Waals surface area contributed by atoms with E-state index in [9.17, 15) is 14.4 Å². The molecule has 1 aromatic heterocycles. The highest BCUT2D eigenvalue weighted by Crippen LogP contribution is 2.49. The summed E-state index contributed by atoms with van der Waals surface area (Å²) in [6.45, 7) is 2.18. The normalized spacial score (nSPS) is 31.6. The van der Waals surface area contributed by atoms with E-state index in [1.807, 2.05) is 18.2 Å². The van der Waals surface area contributed by atoms with Crippen molar-refractivity contribution in [3.8, 4) is 5.75 Å². The summed E-state index contributed by atoms with van der Waals surface area (Å²) in [7, 11) is 0. The smallest absolute Gasteiger partial charge is 0.255 e. The summed E-state index contributed by atoms with van der Waals surface area (Å²) in [6.07, 6.45) is 7.42. The number of carbonyl (C=O) groups is 3. The number of piperidine rings is 2. The van der Waals surface area contributed by atoms with E-state index >= 15 is 0 Å². The lowest BCUT2D eigenvalue weighted by atomic mass is 9.63. The second-order valence-corrected chi connectivity index (χ2v) is 11.2. The Kier molecular flexibility index (Phi) is 4.92. The van der Waals surface area contributed by atoms with Gasteiger partial charge in [0.1, 0.15) is 23.2 Å². The summed E-state index contributed by atoms with van der Waals surface area (Å²) >= 11 is 5.91. The third-order valence-corrected chi connectivity index (χ3v) is 8.88. The van der Waals surface area contributed by atoms with E-state index in [1.165, 1.54) is 0 Å². The molecule has 2 aliphatic carbocycles. The standard InChI is InChI=1S/C26H26ClN5O4/c27-17-9-28-22(29-10-17)16-11-31(12-16)20-2-1-3-21(20)36-18-4-5-19-14(6-18)13-32(24(19)34)26-7-15(8-26)23(33)30-25(26)35/h4-6,9-10,15-16,20-21H,1-3,7-8,11-13H2,(H,30,33,35)/t15?,20-,21?,26?/m0/s1. The van der Waals surface area contributed by atoms with Crippen LogP contribution in [-0.2, 0) is 16.1 Å². The number of nitrogens with one attached hydrogen (secondary N) is 1. The van der Waals surface area contributed by atoms with Crippen LogP contribution in [0.15, 0.2) is 30.6 Å². The van der Waals surface area contributed by atoms with Gasteiger partial charge in [-0.3, -0.25) is 24.6 Å². The molecule has 2 saturated carbocycles. The minimum Gasteiger partial charge on any atom is -0.489 e. The van der Waals surface area contributed by atoms with Gasteiger partial charge in [0.15, 0.2) is 0 Å². The van der Waals surface area contributed by atoms with E-state index in [-0.39, 0.29) is 29.7 Å². The Bertz CT molecular complexity index is 1270. The zero-order valence-electron chi connectivity index (χ0n) is 19.7. The topological polar surface area (TPSA) is 105 Å². The van der Waals surface area contributed by atoms with Crippen molar-refractivity contribution < 1.29 is 19.1 Å². The molecular formula is C26H26ClN5O4. The third-order valence-electron chi connectivity index (χ3n) is 8.69. The minimum atomic E-state index is -0.895. The van der Waals surface area contributed by atoms with Crippen LogP contribution in [-0.4, -0.2) is 68.3 Å². The van der Waals surface area contributed by atoms with Gasteiger partial charge in [-0.1, -0.05) is 11.6 Å². The van der Waals surface area contributed by atoms with Crippen molar-refractivity contribution in [2.24, 2.45) is 5.92 Å². The number of likely N-dealkylation sites (tertiary alicyclic amines) is 1. The fraction of sp³-hybridized carbons (Fsp3) is 0.500. The maximum atomic E-state index is 13.2. The third kappa shape index (κ3) is 3.29. The average molecular weight is 508 g/mol. The lowest BCUT2D eigenvalue weighted by Gasteiger charge is -2.53. The molecule has 2 atom stereocenters. The van der Waals surface area contributed by atoms with Gasteiger partial charge >= 0.3 is 0 Å². The number of halogens is 1. The van der Waals surface area contributed by atoms with Crippen LogP contribution in [0.5, 0.6) is 5.75 Å². The first-order valence-electron chi connectivity index (χ1n) is 12.6. The molecule has 2 aromatic rings. The summed E-state index contributed by atoms with van der Waals surface area (Å²) in [5.74, 6) is 1.02.